The van der Waals surface area contributed by atoms with Crippen LogP contribution in [-0.4, -0.2) is 11.1 Å². The predicted octanol–water partition coefficient (Wildman–Crippen LogP) is 3.77. The van der Waals surface area contributed by atoms with Crippen molar-refractivity contribution in [2.75, 3.05) is 0 Å². The Morgan fingerprint density at radius 3 is 2.36 bits per heavy atom. The van der Waals surface area contributed by atoms with Gasteiger partial charge in [0.25, 0.3) is 0 Å². The van der Waals surface area contributed by atoms with Gasteiger partial charge in [-0.1, -0.05) is 38.3 Å². The number of rotatable bonds is 9. The lowest BCUT2D eigenvalue weighted by Gasteiger charge is -1.97. The lowest BCUT2D eigenvalue weighted by Crippen LogP contribution is -1.93. The Morgan fingerprint density at radius 1 is 1.07 bits per heavy atom. The molecule has 0 rings (SSSR count). The Bertz CT molecular complexity index is 162. The Balaban J connectivity index is 2.99. The van der Waals surface area contributed by atoms with Crippen LogP contribution < -0.4 is 0 Å². The number of carboxylic acids is 1. The third kappa shape index (κ3) is 11.2. The van der Waals surface area contributed by atoms with E-state index in [2.05, 4.69) is 19.1 Å². The fourth-order valence-electron chi connectivity index (χ4n) is 1.35. The van der Waals surface area contributed by atoms with Crippen molar-refractivity contribution in [3.05, 3.63) is 12.2 Å². The second-order valence-corrected chi connectivity index (χ2v) is 3.58. The summed E-state index contributed by atoms with van der Waals surface area (Å²) in [6.07, 6.45) is 12.6. The van der Waals surface area contributed by atoms with Gasteiger partial charge in [0.05, 0.1) is 0 Å². The predicted molar refractivity (Wildman–Crippen MR) is 59.4 cm³/mol. The average molecular weight is 198 g/mol. The van der Waals surface area contributed by atoms with Gasteiger partial charge in [-0.2, -0.15) is 0 Å². The smallest absolute Gasteiger partial charge is 0.303 e. The van der Waals surface area contributed by atoms with E-state index >= 15 is 0 Å². The molecule has 0 bridgehead atoms. The first-order chi connectivity index (χ1) is 6.77. The lowest BCUT2D eigenvalue weighted by molar-refractivity contribution is -0.137. The van der Waals surface area contributed by atoms with E-state index in [1.54, 1.807) is 0 Å². The molecule has 82 valence electrons. The van der Waals surface area contributed by atoms with Crippen molar-refractivity contribution in [1.29, 1.82) is 0 Å². The molecule has 0 aromatic rings. The van der Waals surface area contributed by atoms with Crippen molar-refractivity contribution < 1.29 is 9.90 Å². The molecule has 0 saturated heterocycles. The van der Waals surface area contributed by atoms with Crippen LogP contribution in [0.25, 0.3) is 0 Å². The highest BCUT2D eigenvalue weighted by Crippen LogP contribution is 2.07. The van der Waals surface area contributed by atoms with Crippen LogP contribution in [-0.2, 0) is 4.79 Å². The topological polar surface area (TPSA) is 37.3 Å². The Labute approximate surface area is 87.0 Å². The number of hydrogen-bond donors (Lipinski definition) is 1. The van der Waals surface area contributed by atoms with Crippen LogP contribution in [0, 0.1) is 0 Å². The SMILES string of the molecule is CC/C=C\CCCCCCCC(=O)O. The zero-order valence-electron chi connectivity index (χ0n) is 9.17. The molecule has 0 aliphatic heterocycles. The number of allylic oxidation sites excluding steroid dienone is 2. The number of aliphatic carboxylic acids is 1. The average Bonchev–Trinajstić information content (AvgIpc) is 2.15. The van der Waals surface area contributed by atoms with Crippen LogP contribution in [0.3, 0.4) is 0 Å². The van der Waals surface area contributed by atoms with Crippen LogP contribution >= 0.6 is 0 Å². The van der Waals surface area contributed by atoms with Crippen LogP contribution in [0.2, 0.25) is 0 Å². The third-order valence-corrected chi connectivity index (χ3v) is 2.16. The molecule has 0 amide bonds. The summed E-state index contributed by atoms with van der Waals surface area (Å²) < 4.78 is 0. The van der Waals surface area contributed by atoms with Gasteiger partial charge in [0.15, 0.2) is 0 Å². The Morgan fingerprint density at radius 2 is 1.71 bits per heavy atom. The van der Waals surface area contributed by atoms with E-state index in [1.807, 2.05) is 0 Å². The summed E-state index contributed by atoms with van der Waals surface area (Å²) in [5.41, 5.74) is 0. The monoisotopic (exact) mass is 198 g/mol. The summed E-state index contributed by atoms with van der Waals surface area (Å²) in [6, 6.07) is 0. The molecule has 0 heterocycles. The summed E-state index contributed by atoms with van der Waals surface area (Å²) in [4.78, 5) is 10.2. The highest BCUT2D eigenvalue weighted by Gasteiger charge is 1.95. The first-order valence-electron chi connectivity index (χ1n) is 5.64. The van der Waals surface area contributed by atoms with E-state index in [0.717, 1.165) is 19.3 Å². The molecule has 0 saturated carbocycles. The molecule has 0 aromatic carbocycles. The molecular formula is C12H22O2. The summed E-state index contributed by atoms with van der Waals surface area (Å²) in [7, 11) is 0. The maximum absolute atomic E-state index is 10.2. The minimum atomic E-state index is -0.670. The fraction of sp³-hybridized carbons (Fsp3) is 0.750. The van der Waals surface area contributed by atoms with Crippen molar-refractivity contribution in [2.45, 2.75) is 58.3 Å². The van der Waals surface area contributed by atoms with E-state index in [1.165, 1.54) is 25.7 Å². The van der Waals surface area contributed by atoms with Crippen LogP contribution in [0.5, 0.6) is 0 Å². The molecule has 0 radical (unpaired) electrons. The summed E-state index contributed by atoms with van der Waals surface area (Å²) in [5, 5.41) is 8.40. The number of carbonyl (C=O) groups is 1. The molecule has 14 heavy (non-hydrogen) atoms. The minimum absolute atomic E-state index is 0.329. The molecule has 0 aliphatic carbocycles. The fourth-order valence-corrected chi connectivity index (χ4v) is 1.35. The quantitative estimate of drug-likeness (QED) is 0.452. The Kier molecular flexibility index (Phi) is 9.71. The lowest BCUT2D eigenvalue weighted by atomic mass is 10.1. The molecule has 2 heteroatoms. The summed E-state index contributed by atoms with van der Waals surface area (Å²) >= 11 is 0. The zero-order chi connectivity index (χ0) is 10.6. The standard InChI is InChI=1S/C12H22O2/c1-2-3-4-5-6-7-8-9-10-11-12(13)14/h3-4H,2,5-11H2,1H3,(H,13,14)/b4-3-. The first-order valence-corrected chi connectivity index (χ1v) is 5.64. The molecular weight excluding hydrogens is 176 g/mol. The second-order valence-electron chi connectivity index (χ2n) is 3.58. The van der Waals surface area contributed by atoms with Crippen molar-refractivity contribution >= 4 is 5.97 Å². The van der Waals surface area contributed by atoms with Crippen molar-refractivity contribution in [3.8, 4) is 0 Å². The molecule has 2 nitrogen and oxygen atoms in total. The number of carboxylic acid groups (broad SMARTS) is 1. The van der Waals surface area contributed by atoms with Crippen LogP contribution in [0.1, 0.15) is 58.3 Å². The molecule has 1 N–H and O–H groups in total. The van der Waals surface area contributed by atoms with Gasteiger partial charge in [-0.05, 0) is 25.7 Å². The highest BCUT2D eigenvalue weighted by molar-refractivity contribution is 5.66. The van der Waals surface area contributed by atoms with Gasteiger partial charge in [0, 0.05) is 6.42 Å². The zero-order valence-corrected chi connectivity index (χ0v) is 9.17. The first kappa shape index (κ1) is 13.2. The van der Waals surface area contributed by atoms with Crippen molar-refractivity contribution in [3.63, 3.8) is 0 Å². The summed E-state index contributed by atoms with van der Waals surface area (Å²) in [6.45, 7) is 2.14. The largest absolute Gasteiger partial charge is 0.481 e. The van der Waals surface area contributed by atoms with Gasteiger partial charge in [-0.15, -0.1) is 0 Å². The Hall–Kier alpha value is -0.790. The molecule has 0 aromatic heterocycles. The van der Waals surface area contributed by atoms with Gasteiger partial charge in [0.2, 0.25) is 0 Å². The molecule has 0 unspecified atom stereocenters. The third-order valence-electron chi connectivity index (χ3n) is 2.16. The van der Waals surface area contributed by atoms with Crippen molar-refractivity contribution in [1.82, 2.24) is 0 Å². The van der Waals surface area contributed by atoms with Crippen LogP contribution in [0.15, 0.2) is 12.2 Å². The number of unbranched alkanes of at least 4 members (excludes halogenated alkanes) is 5. The van der Waals surface area contributed by atoms with Gasteiger partial charge in [0.1, 0.15) is 0 Å². The normalized spacial score (nSPS) is 10.9. The number of hydrogen-bond acceptors (Lipinski definition) is 1. The van der Waals surface area contributed by atoms with E-state index < -0.39 is 5.97 Å². The maximum Gasteiger partial charge on any atom is 0.303 e. The molecule has 0 fully saturated rings. The van der Waals surface area contributed by atoms with Gasteiger partial charge < -0.3 is 5.11 Å². The molecule has 0 spiro atoms. The van der Waals surface area contributed by atoms with Gasteiger partial charge in [-0.3, -0.25) is 4.79 Å². The van der Waals surface area contributed by atoms with E-state index in [0.29, 0.717) is 6.42 Å². The van der Waals surface area contributed by atoms with Crippen molar-refractivity contribution in [2.24, 2.45) is 0 Å². The van der Waals surface area contributed by atoms with Gasteiger partial charge >= 0.3 is 5.97 Å². The second kappa shape index (κ2) is 10.3. The van der Waals surface area contributed by atoms with E-state index in [9.17, 15) is 4.79 Å². The van der Waals surface area contributed by atoms with Crippen LogP contribution in [0.4, 0.5) is 0 Å². The summed E-state index contributed by atoms with van der Waals surface area (Å²) in [5.74, 6) is -0.670. The van der Waals surface area contributed by atoms with Gasteiger partial charge in [-0.25, -0.2) is 0 Å². The minimum Gasteiger partial charge on any atom is -0.481 e. The maximum atomic E-state index is 10.2. The molecule has 0 atom stereocenters. The van der Waals surface area contributed by atoms with E-state index in [4.69, 9.17) is 5.11 Å². The molecule has 0 aliphatic rings. The van der Waals surface area contributed by atoms with E-state index in [-0.39, 0.29) is 0 Å². The highest BCUT2D eigenvalue weighted by atomic mass is 16.4.